The number of nitrogens with zero attached hydrogens (tertiary/aromatic N) is 2. The first kappa shape index (κ1) is 17.0. The van der Waals surface area contributed by atoms with E-state index in [-0.39, 0.29) is 12.4 Å². The summed E-state index contributed by atoms with van der Waals surface area (Å²) >= 11 is 0. The Morgan fingerprint density at radius 2 is 1.86 bits per heavy atom. The second-order valence-corrected chi connectivity index (χ2v) is 7.16. The number of likely N-dealkylation sites (N-methyl/N-ethyl adjacent to an activating group) is 1. The molecule has 0 aromatic heterocycles. The predicted octanol–water partition coefficient (Wildman–Crippen LogP) is 1.87. The van der Waals surface area contributed by atoms with Crippen LogP contribution >= 0.6 is 12.4 Å². The number of likely N-dealkylation sites (tertiary alicyclic amines) is 1. The van der Waals surface area contributed by atoms with Gasteiger partial charge in [0.2, 0.25) is 5.91 Å². The normalized spacial score (nSPS) is 33.5. The molecule has 3 atom stereocenters. The minimum absolute atomic E-state index is 0. The van der Waals surface area contributed by atoms with Gasteiger partial charge in [-0.3, -0.25) is 9.69 Å². The monoisotopic (exact) mass is 315 g/mol. The standard InChI is InChI=1S/C16H29N3O.ClH/c1-18(13-5-3-2-4-6-13)16(20)11-19-9-12-7-8-15(17)14(12)10-19;/h12-15H,2-11,17H2,1H3;1H. The van der Waals surface area contributed by atoms with Crippen molar-refractivity contribution in [1.82, 2.24) is 9.80 Å². The zero-order valence-corrected chi connectivity index (χ0v) is 14.0. The molecule has 2 N–H and O–H groups in total. The SMILES string of the molecule is CN(C(=O)CN1CC2CCC(N)C2C1)C1CCCCC1.Cl. The van der Waals surface area contributed by atoms with Crippen LogP contribution in [0.4, 0.5) is 0 Å². The third-order valence-electron chi connectivity index (χ3n) is 5.86. The highest BCUT2D eigenvalue weighted by Crippen LogP contribution is 2.37. The number of fused-ring (bicyclic) bond motifs is 1. The first-order valence-corrected chi connectivity index (χ1v) is 8.38. The molecule has 4 nitrogen and oxygen atoms in total. The number of halogens is 1. The van der Waals surface area contributed by atoms with Crippen molar-refractivity contribution in [2.75, 3.05) is 26.7 Å². The molecule has 3 unspecified atom stereocenters. The Kier molecular flexibility index (Phi) is 5.92. The topological polar surface area (TPSA) is 49.6 Å². The van der Waals surface area contributed by atoms with E-state index in [4.69, 9.17) is 5.73 Å². The van der Waals surface area contributed by atoms with Gasteiger partial charge < -0.3 is 10.6 Å². The van der Waals surface area contributed by atoms with Gasteiger partial charge in [-0.2, -0.15) is 0 Å². The van der Waals surface area contributed by atoms with Crippen LogP contribution in [0.3, 0.4) is 0 Å². The van der Waals surface area contributed by atoms with Crippen molar-refractivity contribution in [2.45, 2.75) is 57.0 Å². The largest absolute Gasteiger partial charge is 0.342 e. The minimum atomic E-state index is 0. The fourth-order valence-electron chi connectivity index (χ4n) is 4.50. The van der Waals surface area contributed by atoms with Gasteiger partial charge in [-0.15, -0.1) is 12.4 Å². The molecule has 0 bridgehead atoms. The lowest BCUT2D eigenvalue weighted by atomic mass is 9.94. The number of carbonyl (C=O) groups is 1. The fraction of sp³-hybridized carbons (Fsp3) is 0.938. The first-order valence-electron chi connectivity index (χ1n) is 8.38. The molecule has 3 rings (SSSR count). The second kappa shape index (κ2) is 7.30. The summed E-state index contributed by atoms with van der Waals surface area (Å²) in [6.07, 6.45) is 8.73. The van der Waals surface area contributed by atoms with Gasteiger partial charge in [0.25, 0.3) is 0 Å². The molecular formula is C16H30ClN3O. The summed E-state index contributed by atoms with van der Waals surface area (Å²) in [6.45, 7) is 2.73. The lowest BCUT2D eigenvalue weighted by Crippen LogP contribution is -2.44. The van der Waals surface area contributed by atoms with Crippen molar-refractivity contribution in [1.29, 1.82) is 0 Å². The molecule has 5 heteroatoms. The molecule has 0 aromatic rings. The minimum Gasteiger partial charge on any atom is -0.342 e. The van der Waals surface area contributed by atoms with Crippen molar-refractivity contribution in [3.05, 3.63) is 0 Å². The molecule has 1 saturated heterocycles. The Balaban J connectivity index is 0.00000161. The summed E-state index contributed by atoms with van der Waals surface area (Å²) in [5, 5.41) is 0. The summed E-state index contributed by atoms with van der Waals surface area (Å²) in [7, 11) is 2.00. The smallest absolute Gasteiger partial charge is 0.236 e. The summed E-state index contributed by atoms with van der Waals surface area (Å²) < 4.78 is 0. The molecule has 122 valence electrons. The molecule has 3 fully saturated rings. The van der Waals surface area contributed by atoms with Crippen LogP contribution in [0.1, 0.15) is 44.9 Å². The van der Waals surface area contributed by atoms with Crippen molar-refractivity contribution in [2.24, 2.45) is 17.6 Å². The Morgan fingerprint density at radius 3 is 2.52 bits per heavy atom. The molecule has 0 aromatic carbocycles. The van der Waals surface area contributed by atoms with Crippen LogP contribution in [0.5, 0.6) is 0 Å². The van der Waals surface area contributed by atoms with E-state index >= 15 is 0 Å². The van der Waals surface area contributed by atoms with Gasteiger partial charge in [0.05, 0.1) is 6.54 Å². The average Bonchev–Trinajstić information content (AvgIpc) is 3.01. The van der Waals surface area contributed by atoms with Crippen LogP contribution in [0.15, 0.2) is 0 Å². The number of carbonyl (C=O) groups excluding carboxylic acids is 1. The van der Waals surface area contributed by atoms with Gasteiger partial charge in [0.1, 0.15) is 0 Å². The Labute approximate surface area is 134 Å². The summed E-state index contributed by atoms with van der Waals surface area (Å²) in [5.41, 5.74) is 6.17. The van der Waals surface area contributed by atoms with E-state index in [1.807, 2.05) is 11.9 Å². The highest BCUT2D eigenvalue weighted by atomic mass is 35.5. The lowest BCUT2D eigenvalue weighted by Gasteiger charge is -2.32. The van der Waals surface area contributed by atoms with E-state index in [1.165, 1.54) is 44.9 Å². The number of amides is 1. The molecule has 1 heterocycles. The summed E-state index contributed by atoms with van der Waals surface area (Å²) in [4.78, 5) is 16.8. The van der Waals surface area contributed by atoms with Crippen molar-refractivity contribution in [3.8, 4) is 0 Å². The number of hydrogen-bond donors (Lipinski definition) is 1. The summed E-state index contributed by atoms with van der Waals surface area (Å²) in [6, 6.07) is 0.858. The second-order valence-electron chi connectivity index (χ2n) is 7.16. The Hall–Kier alpha value is -0.320. The van der Waals surface area contributed by atoms with E-state index in [2.05, 4.69) is 4.90 Å². The van der Waals surface area contributed by atoms with Gasteiger partial charge in [-0.25, -0.2) is 0 Å². The maximum absolute atomic E-state index is 12.5. The Bertz CT molecular complexity index is 359. The number of nitrogens with two attached hydrogens (primary N) is 1. The third kappa shape index (κ3) is 3.72. The first-order chi connectivity index (χ1) is 9.65. The fourth-order valence-corrected chi connectivity index (χ4v) is 4.50. The Morgan fingerprint density at radius 1 is 1.14 bits per heavy atom. The van der Waals surface area contributed by atoms with Crippen LogP contribution in [-0.4, -0.2) is 54.5 Å². The molecule has 1 aliphatic heterocycles. The molecule has 2 saturated carbocycles. The van der Waals surface area contributed by atoms with Crippen molar-refractivity contribution < 1.29 is 4.79 Å². The van der Waals surface area contributed by atoms with Gasteiger partial charge in [-0.05, 0) is 37.5 Å². The van der Waals surface area contributed by atoms with Crippen LogP contribution in [0.25, 0.3) is 0 Å². The van der Waals surface area contributed by atoms with Gasteiger partial charge in [0.15, 0.2) is 0 Å². The van der Waals surface area contributed by atoms with Crippen LogP contribution in [0.2, 0.25) is 0 Å². The van der Waals surface area contributed by atoms with E-state index in [0.717, 1.165) is 19.0 Å². The van der Waals surface area contributed by atoms with Crippen LogP contribution in [0, 0.1) is 11.8 Å². The highest BCUT2D eigenvalue weighted by Gasteiger charge is 2.41. The maximum atomic E-state index is 12.5. The quantitative estimate of drug-likeness (QED) is 0.865. The molecule has 2 aliphatic carbocycles. The molecular weight excluding hydrogens is 286 g/mol. The molecule has 3 aliphatic rings. The van der Waals surface area contributed by atoms with E-state index in [0.29, 0.717) is 30.5 Å². The van der Waals surface area contributed by atoms with Crippen LogP contribution in [-0.2, 0) is 4.79 Å². The molecule has 0 radical (unpaired) electrons. The average molecular weight is 316 g/mol. The third-order valence-corrected chi connectivity index (χ3v) is 5.86. The predicted molar refractivity (Wildman–Crippen MR) is 87.5 cm³/mol. The number of rotatable bonds is 3. The van der Waals surface area contributed by atoms with E-state index in [9.17, 15) is 4.79 Å². The number of hydrogen-bond acceptors (Lipinski definition) is 3. The molecule has 0 spiro atoms. The summed E-state index contributed by atoms with van der Waals surface area (Å²) in [5.74, 6) is 1.70. The molecule has 21 heavy (non-hydrogen) atoms. The van der Waals surface area contributed by atoms with Crippen LogP contribution < -0.4 is 5.73 Å². The van der Waals surface area contributed by atoms with E-state index < -0.39 is 0 Å². The zero-order valence-electron chi connectivity index (χ0n) is 13.2. The van der Waals surface area contributed by atoms with Crippen molar-refractivity contribution in [3.63, 3.8) is 0 Å². The van der Waals surface area contributed by atoms with Gasteiger partial charge >= 0.3 is 0 Å². The molecule has 1 amide bonds. The lowest BCUT2D eigenvalue weighted by molar-refractivity contribution is -0.133. The van der Waals surface area contributed by atoms with E-state index in [1.54, 1.807) is 0 Å². The highest BCUT2D eigenvalue weighted by molar-refractivity contribution is 5.85. The van der Waals surface area contributed by atoms with Gasteiger partial charge in [-0.1, -0.05) is 19.3 Å². The maximum Gasteiger partial charge on any atom is 0.236 e. The van der Waals surface area contributed by atoms with Gasteiger partial charge in [0, 0.05) is 32.2 Å². The zero-order chi connectivity index (χ0) is 14.1. The van der Waals surface area contributed by atoms with Crippen molar-refractivity contribution >= 4 is 18.3 Å².